The molecule has 0 radical (unpaired) electrons. The molecule has 0 saturated carbocycles. The largest absolute Gasteiger partial charge is 0.573 e. The molecule has 2 aromatic rings. The summed E-state index contributed by atoms with van der Waals surface area (Å²) in [5.74, 6) is -0.629. The number of halogens is 3. The van der Waals surface area contributed by atoms with E-state index >= 15 is 0 Å². The molecule has 2 heterocycles. The Kier molecular flexibility index (Phi) is 4.98. The van der Waals surface area contributed by atoms with Crippen LogP contribution in [0.15, 0.2) is 30.5 Å². The summed E-state index contributed by atoms with van der Waals surface area (Å²) in [4.78, 5) is 13.9. The number of ether oxygens (including phenoxy) is 3. The minimum atomic E-state index is -4.78. The number of aromatic nitrogens is 2. The van der Waals surface area contributed by atoms with Crippen LogP contribution in [0.1, 0.15) is 12.0 Å². The molecule has 26 heavy (non-hydrogen) atoms. The second kappa shape index (κ2) is 7.20. The third-order valence-electron chi connectivity index (χ3n) is 3.64. The van der Waals surface area contributed by atoms with Gasteiger partial charge in [0.2, 0.25) is 0 Å². The Hall–Kier alpha value is -2.82. The van der Waals surface area contributed by atoms with E-state index in [1.165, 1.54) is 29.0 Å². The zero-order chi connectivity index (χ0) is 18.7. The summed E-state index contributed by atoms with van der Waals surface area (Å²) >= 11 is 0. The molecule has 0 bridgehead atoms. The number of alkyl halides is 3. The number of benzene rings is 1. The predicted molar refractivity (Wildman–Crippen MR) is 80.7 cm³/mol. The van der Waals surface area contributed by atoms with Gasteiger partial charge in [0.25, 0.3) is 0 Å². The number of hydrogen-bond donors (Lipinski definition) is 0. The van der Waals surface area contributed by atoms with Gasteiger partial charge in [0, 0.05) is 23.5 Å². The second-order valence-corrected chi connectivity index (χ2v) is 5.53. The maximum Gasteiger partial charge on any atom is 0.573 e. The lowest BCUT2D eigenvalue weighted by Gasteiger charge is -2.22. The van der Waals surface area contributed by atoms with E-state index in [1.54, 1.807) is 6.07 Å². The van der Waals surface area contributed by atoms with Gasteiger partial charge in [-0.3, -0.25) is 4.57 Å². The van der Waals surface area contributed by atoms with Crippen LogP contribution in [0.4, 0.5) is 19.0 Å². The van der Waals surface area contributed by atoms with E-state index in [4.69, 9.17) is 9.47 Å². The van der Waals surface area contributed by atoms with Gasteiger partial charge in [0.05, 0.1) is 13.2 Å². The van der Waals surface area contributed by atoms with Crippen molar-refractivity contribution in [2.45, 2.75) is 32.0 Å². The average molecular weight is 373 g/mol. The molecule has 1 aromatic heterocycles. The van der Waals surface area contributed by atoms with Gasteiger partial charge in [-0.1, -0.05) is 18.2 Å². The Morgan fingerprint density at radius 3 is 2.88 bits per heavy atom. The van der Waals surface area contributed by atoms with Gasteiger partial charge in [-0.15, -0.1) is 13.2 Å². The van der Waals surface area contributed by atoms with Crippen molar-refractivity contribution >= 4 is 5.82 Å². The summed E-state index contributed by atoms with van der Waals surface area (Å²) in [5.41, 5.74) is 0.248. The van der Waals surface area contributed by atoms with E-state index in [0.29, 0.717) is 13.0 Å². The molecule has 3 rings (SSSR count). The Bertz CT molecular complexity index is 793. The monoisotopic (exact) mass is 373 g/mol. The highest BCUT2D eigenvalue weighted by molar-refractivity contribution is 5.32. The summed E-state index contributed by atoms with van der Waals surface area (Å²) in [7, 11) is 0. The first-order valence-corrected chi connectivity index (χ1v) is 7.61. The molecule has 1 atom stereocenters. The highest BCUT2D eigenvalue weighted by Gasteiger charge is 2.32. The number of nitro groups is 1. The molecule has 1 aromatic carbocycles. The quantitative estimate of drug-likeness (QED) is 0.571. The first-order valence-electron chi connectivity index (χ1n) is 7.61. The topological polar surface area (TPSA) is 88.7 Å². The molecule has 8 nitrogen and oxygen atoms in total. The summed E-state index contributed by atoms with van der Waals surface area (Å²) in [6.07, 6.45) is -3.37. The number of hydrogen-bond acceptors (Lipinski definition) is 6. The number of imidazole rings is 1. The van der Waals surface area contributed by atoms with Crippen LogP contribution in [0.3, 0.4) is 0 Å². The summed E-state index contributed by atoms with van der Waals surface area (Å²) in [6, 6.07) is 5.81. The van der Waals surface area contributed by atoms with Crippen molar-refractivity contribution in [3.05, 3.63) is 46.1 Å². The molecule has 11 heteroatoms. The molecule has 0 aliphatic carbocycles. The Morgan fingerprint density at radius 1 is 1.38 bits per heavy atom. The summed E-state index contributed by atoms with van der Waals surface area (Å²) in [5, 5.41) is 10.7. The maximum atomic E-state index is 12.4. The zero-order valence-corrected chi connectivity index (χ0v) is 13.3. The van der Waals surface area contributed by atoms with Crippen LogP contribution in [0.25, 0.3) is 0 Å². The minimum Gasteiger partial charge on any atom is -0.440 e. The number of fused-ring (bicyclic) bond motifs is 1. The molecule has 1 aliphatic heterocycles. The predicted octanol–water partition coefficient (Wildman–Crippen LogP) is 3.06. The lowest BCUT2D eigenvalue weighted by atomic mass is 10.2. The van der Waals surface area contributed by atoms with E-state index in [0.717, 1.165) is 0 Å². The minimum absolute atomic E-state index is 0.0965. The van der Waals surface area contributed by atoms with Crippen LogP contribution in [0.2, 0.25) is 0 Å². The van der Waals surface area contributed by atoms with Gasteiger partial charge >= 0.3 is 18.2 Å². The second-order valence-electron chi connectivity index (χ2n) is 5.53. The Labute approximate surface area is 145 Å². The highest BCUT2D eigenvalue weighted by atomic mass is 19.4. The molecule has 0 spiro atoms. The molecule has 1 aliphatic rings. The van der Waals surface area contributed by atoms with E-state index in [2.05, 4.69) is 9.72 Å². The molecule has 0 N–H and O–H groups in total. The van der Waals surface area contributed by atoms with Crippen LogP contribution in [-0.4, -0.2) is 33.5 Å². The van der Waals surface area contributed by atoms with Crippen LogP contribution in [-0.2, 0) is 17.9 Å². The zero-order valence-electron chi connectivity index (χ0n) is 13.3. The van der Waals surface area contributed by atoms with Gasteiger partial charge in [0.15, 0.2) is 0 Å². The molecule has 140 valence electrons. The first kappa shape index (κ1) is 18.0. The lowest BCUT2D eigenvalue weighted by molar-refractivity contribution is -0.389. The van der Waals surface area contributed by atoms with Crippen LogP contribution >= 0.6 is 0 Å². The van der Waals surface area contributed by atoms with E-state index < -0.39 is 17.4 Å². The number of rotatable bonds is 6. The molecular weight excluding hydrogens is 359 g/mol. The number of para-hydroxylation sites is 1. The van der Waals surface area contributed by atoms with Gasteiger partial charge in [0.1, 0.15) is 18.1 Å². The fourth-order valence-electron chi connectivity index (χ4n) is 2.48. The van der Waals surface area contributed by atoms with Crippen molar-refractivity contribution in [3.8, 4) is 11.8 Å². The highest BCUT2D eigenvalue weighted by Crippen LogP contribution is 2.27. The molecule has 0 amide bonds. The first-order chi connectivity index (χ1) is 12.3. The third-order valence-corrected chi connectivity index (χ3v) is 3.64. The number of nitrogens with zero attached hydrogens (tertiary/aromatic N) is 3. The maximum absolute atomic E-state index is 12.4. The standard InChI is InChI=1S/C15H14F3N3O5/c16-15(17,18)26-12-4-2-1-3-10(12)8-24-9-11-5-6-20-7-13(21(22)23)19-14(20)25-11/h1-4,7,11H,5-6,8-9H2/t11-/m1/s1. The normalized spacial score (nSPS) is 16.7. The summed E-state index contributed by atoms with van der Waals surface area (Å²) < 4.78 is 53.6. The lowest BCUT2D eigenvalue weighted by Crippen LogP contribution is -2.30. The van der Waals surface area contributed by atoms with Crippen LogP contribution < -0.4 is 9.47 Å². The Morgan fingerprint density at radius 2 is 2.15 bits per heavy atom. The van der Waals surface area contributed by atoms with Gasteiger partial charge < -0.3 is 24.3 Å². The molecular formula is C15H14F3N3O5. The van der Waals surface area contributed by atoms with Crippen LogP contribution in [0, 0.1) is 10.1 Å². The number of aryl methyl sites for hydroxylation is 1. The summed E-state index contributed by atoms with van der Waals surface area (Å²) in [6.45, 7) is 0.472. The smallest absolute Gasteiger partial charge is 0.440 e. The van der Waals surface area contributed by atoms with Gasteiger partial charge in [-0.2, -0.15) is 0 Å². The average Bonchev–Trinajstić information content (AvgIpc) is 2.99. The van der Waals surface area contributed by atoms with E-state index in [1.807, 2.05) is 0 Å². The molecule has 0 unspecified atom stereocenters. The fourth-order valence-corrected chi connectivity index (χ4v) is 2.48. The molecule has 0 saturated heterocycles. The van der Waals surface area contributed by atoms with Crippen molar-refractivity contribution in [1.82, 2.24) is 9.55 Å². The van der Waals surface area contributed by atoms with E-state index in [-0.39, 0.29) is 36.4 Å². The van der Waals surface area contributed by atoms with Gasteiger partial charge in [-0.25, -0.2) is 0 Å². The molecule has 0 fully saturated rings. The van der Waals surface area contributed by atoms with Crippen molar-refractivity contribution in [2.24, 2.45) is 0 Å². The van der Waals surface area contributed by atoms with Crippen molar-refractivity contribution in [1.29, 1.82) is 0 Å². The van der Waals surface area contributed by atoms with Crippen LogP contribution in [0.5, 0.6) is 11.8 Å². The van der Waals surface area contributed by atoms with Crippen molar-refractivity contribution in [2.75, 3.05) is 6.61 Å². The van der Waals surface area contributed by atoms with Crippen molar-refractivity contribution in [3.63, 3.8) is 0 Å². The fraction of sp³-hybridized carbons (Fsp3) is 0.400. The van der Waals surface area contributed by atoms with E-state index in [9.17, 15) is 23.3 Å². The van der Waals surface area contributed by atoms with Gasteiger partial charge in [-0.05, 0) is 11.0 Å². The van der Waals surface area contributed by atoms with Crippen molar-refractivity contribution < 1.29 is 32.3 Å². The SMILES string of the molecule is O=[N+]([O-])c1cn2c(n1)O[C@@H](COCc1ccccc1OC(F)(F)F)CC2. The third kappa shape index (κ3) is 4.42. The Balaban J connectivity index is 1.55.